The molecule has 0 aliphatic heterocycles. The minimum Gasteiger partial charge on any atom is -0.497 e. The second kappa shape index (κ2) is 13.1. The van der Waals surface area contributed by atoms with Crippen LogP contribution in [0.25, 0.3) is 0 Å². The van der Waals surface area contributed by atoms with Crippen LogP contribution >= 0.6 is 0 Å². The first-order chi connectivity index (χ1) is 18.6. The number of benzene rings is 3. The number of nitrogens with one attached hydrogen (secondary N) is 1. The minimum absolute atomic E-state index is 0.0332. The smallest absolute Gasteiger partial charge is 0.264 e. The molecule has 1 atom stereocenters. The van der Waals surface area contributed by atoms with Gasteiger partial charge in [0.2, 0.25) is 11.8 Å². The molecule has 0 heterocycles. The lowest BCUT2D eigenvalue weighted by atomic mass is 10.1. The van der Waals surface area contributed by atoms with Gasteiger partial charge in [0, 0.05) is 13.6 Å². The maximum absolute atomic E-state index is 14.0. The Bertz CT molecular complexity index is 1390. The Labute approximate surface area is 230 Å². The number of anilines is 1. The first-order valence-corrected chi connectivity index (χ1v) is 14.0. The SMILES string of the molecule is CCOc1ccccc1N(CC(=O)N(Cc1cccc(OC)c1)[C@@H](C)C(=O)NC)S(=O)(=O)c1ccc(C)cc1. The molecule has 3 aromatic rings. The molecule has 9 nitrogen and oxygen atoms in total. The summed E-state index contributed by atoms with van der Waals surface area (Å²) in [6, 6.07) is 19.3. The number of sulfonamides is 1. The van der Waals surface area contributed by atoms with E-state index in [9.17, 15) is 18.0 Å². The van der Waals surface area contributed by atoms with E-state index in [-0.39, 0.29) is 23.0 Å². The number of rotatable bonds is 12. The Balaban J connectivity index is 2.08. The van der Waals surface area contributed by atoms with E-state index in [0.717, 1.165) is 15.4 Å². The maximum Gasteiger partial charge on any atom is 0.264 e. The van der Waals surface area contributed by atoms with Crippen LogP contribution in [0.2, 0.25) is 0 Å². The lowest BCUT2D eigenvalue weighted by Gasteiger charge is -2.32. The van der Waals surface area contributed by atoms with E-state index in [4.69, 9.17) is 9.47 Å². The van der Waals surface area contributed by atoms with E-state index in [1.807, 2.05) is 13.0 Å². The van der Waals surface area contributed by atoms with Crippen LogP contribution in [0.3, 0.4) is 0 Å². The van der Waals surface area contributed by atoms with Crippen LogP contribution in [0.1, 0.15) is 25.0 Å². The third kappa shape index (κ3) is 7.08. The van der Waals surface area contributed by atoms with Crippen molar-refractivity contribution in [2.75, 3.05) is 31.6 Å². The van der Waals surface area contributed by atoms with E-state index in [1.54, 1.807) is 75.6 Å². The van der Waals surface area contributed by atoms with Gasteiger partial charge in [0.15, 0.2) is 0 Å². The van der Waals surface area contributed by atoms with E-state index < -0.39 is 28.5 Å². The van der Waals surface area contributed by atoms with E-state index in [1.165, 1.54) is 24.1 Å². The van der Waals surface area contributed by atoms with Gasteiger partial charge < -0.3 is 19.7 Å². The van der Waals surface area contributed by atoms with Gasteiger partial charge in [-0.1, -0.05) is 42.0 Å². The second-order valence-electron chi connectivity index (χ2n) is 8.89. The zero-order valence-corrected chi connectivity index (χ0v) is 23.7. The molecule has 0 fully saturated rings. The Morgan fingerprint density at radius 3 is 2.33 bits per heavy atom. The average Bonchev–Trinajstić information content (AvgIpc) is 2.94. The van der Waals surface area contributed by atoms with Gasteiger partial charge in [0.05, 0.1) is 24.3 Å². The number of carbonyl (C=O) groups is 2. The first-order valence-electron chi connectivity index (χ1n) is 12.6. The summed E-state index contributed by atoms with van der Waals surface area (Å²) in [6.45, 7) is 5.07. The highest BCUT2D eigenvalue weighted by atomic mass is 32.2. The summed E-state index contributed by atoms with van der Waals surface area (Å²) in [5.74, 6) is -0.0197. The van der Waals surface area contributed by atoms with Crippen molar-refractivity contribution in [3.63, 3.8) is 0 Å². The highest BCUT2D eigenvalue weighted by Gasteiger charge is 2.33. The summed E-state index contributed by atoms with van der Waals surface area (Å²) in [4.78, 5) is 27.9. The van der Waals surface area contributed by atoms with Gasteiger partial charge in [-0.05, 0) is 62.7 Å². The molecule has 0 aliphatic rings. The number of hydrogen-bond acceptors (Lipinski definition) is 6. The Kier molecular flexibility index (Phi) is 9.95. The van der Waals surface area contributed by atoms with Gasteiger partial charge in [-0.2, -0.15) is 0 Å². The van der Waals surface area contributed by atoms with Crippen molar-refractivity contribution in [2.24, 2.45) is 0 Å². The Morgan fingerprint density at radius 1 is 1.00 bits per heavy atom. The summed E-state index contributed by atoms with van der Waals surface area (Å²) in [7, 11) is -1.16. The molecule has 0 spiro atoms. The standard InChI is InChI=1S/C29H35N3O6S/c1-6-38-27-13-8-7-12-26(27)32(39(35,36)25-16-14-21(2)15-17-25)20-28(33)31(22(3)29(34)30-4)19-23-10-9-11-24(18-23)37-5/h7-18,22H,6,19-20H2,1-5H3,(H,30,34)/t22-/m0/s1. The zero-order chi connectivity index (χ0) is 28.6. The third-order valence-corrected chi connectivity index (χ3v) is 8.00. The number of carbonyl (C=O) groups excluding carboxylic acids is 2. The number of ether oxygens (including phenoxy) is 2. The molecule has 0 saturated carbocycles. The normalized spacial score (nSPS) is 11.8. The van der Waals surface area contributed by atoms with Crippen molar-refractivity contribution < 1.29 is 27.5 Å². The fourth-order valence-electron chi connectivity index (χ4n) is 4.05. The molecule has 10 heteroatoms. The lowest BCUT2D eigenvalue weighted by molar-refractivity contribution is -0.139. The molecule has 3 rings (SSSR count). The van der Waals surface area contributed by atoms with E-state index >= 15 is 0 Å². The van der Waals surface area contributed by atoms with Crippen molar-refractivity contribution in [3.8, 4) is 11.5 Å². The average molecular weight is 554 g/mol. The van der Waals surface area contributed by atoms with Crippen LogP contribution in [0.5, 0.6) is 11.5 Å². The number of amides is 2. The molecule has 208 valence electrons. The van der Waals surface area contributed by atoms with Gasteiger partial charge in [-0.25, -0.2) is 8.42 Å². The first kappa shape index (κ1) is 29.5. The number of para-hydroxylation sites is 2. The molecule has 0 aliphatic carbocycles. The van der Waals surface area contributed by atoms with Gasteiger partial charge in [0.1, 0.15) is 24.1 Å². The quantitative estimate of drug-likeness (QED) is 0.366. The van der Waals surface area contributed by atoms with Crippen LogP contribution < -0.4 is 19.1 Å². The van der Waals surface area contributed by atoms with Crippen LogP contribution in [-0.4, -0.2) is 58.5 Å². The molecular weight excluding hydrogens is 518 g/mol. The summed E-state index contributed by atoms with van der Waals surface area (Å²) < 4.78 is 40.0. The molecular formula is C29H35N3O6S. The molecule has 0 unspecified atom stereocenters. The molecule has 0 saturated heterocycles. The van der Waals surface area contributed by atoms with Crippen LogP contribution in [0.4, 0.5) is 5.69 Å². The van der Waals surface area contributed by atoms with Gasteiger partial charge in [-0.3, -0.25) is 13.9 Å². The van der Waals surface area contributed by atoms with Crippen LogP contribution in [-0.2, 0) is 26.2 Å². The monoisotopic (exact) mass is 553 g/mol. The van der Waals surface area contributed by atoms with Gasteiger partial charge in [-0.15, -0.1) is 0 Å². The predicted molar refractivity (Wildman–Crippen MR) is 150 cm³/mol. The number of likely N-dealkylation sites (N-methyl/N-ethyl adjacent to an activating group) is 1. The molecule has 0 aromatic heterocycles. The molecule has 39 heavy (non-hydrogen) atoms. The van der Waals surface area contributed by atoms with Gasteiger partial charge in [0.25, 0.3) is 10.0 Å². The summed E-state index contributed by atoms with van der Waals surface area (Å²) in [5.41, 5.74) is 1.85. The molecule has 2 amide bonds. The molecule has 0 radical (unpaired) electrons. The highest BCUT2D eigenvalue weighted by Crippen LogP contribution is 2.33. The number of aryl methyl sites for hydroxylation is 1. The van der Waals surface area contributed by atoms with E-state index in [2.05, 4.69) is 5.32 Å². The molecule has 1 N–H and O–H groups in total. The highest BCUT2D eigenvalue weighted by molar-refractivity contribution is 7.92. The summed E-state index contributed by atoms with van der Waals surface area (Å²) in [5, 5.41) is 2.57. The van der Waals surface area contributed by atoms with Crippen molar-refractivity contribution in [2.45, 2.75) is 38.3 Å². The summed E-state index contributed by atoms with van der Waals surface area (Å²) in [6.07, 6.45) is 0. The number of methoxy groups -OCH3 is 1. The summed E-state index contributed by atoms with van der Waals surface area (Å²) >= 11 is 0. The number of hydrogen-bond donors (Lipinski definition) is 1. The minimum atomic E-state index is -4.19. The number of nitrogens with zero attached hydrogens (tertiary/aromatic N) is 2. The van der Waals surface area contributed by atoms with Gasteiger partial charge >= 0.3 is 0 Å². The van der Waals surface area contributed by atoms with Crippen LogP contribution in [0.15, 0.2) is 77.7 Å². The maximum atomic E-state index is 14.0. The Morgan fingerprint density at radius 2 is 1.69 bits per heavy atom. The fraction of sp³-hybridized carbons (Fsp3) is 0.310. The largest absolute Gasteiger partial charge is 0.497 e. The van der Waals surface area contributed by atoms with E-state index in [0.29, 0.717) is 18.1 Å². The second-order valence-corrected chi connectivity index (χ2v) is 10.8. The Hall–Kier alpha value is -4.05. The fourth-order valence-corrected chi connectivity index (χ4v) is 5.48. The predicted octanol–water partition coefficient (Wildman–Crippen LogP) is 3.76. The molecule has 3 aromatic carbocycles. The molecule has 0 bridgehead atoms. The lowest BCUT2D eigenvalue weighted by Crippen LogP contribution is -2.50. The topological polar surface area (TPSA) is 105 Å². The van der Waals surface area contributed by atoms with Crippen molar-refractivity contribution in [1.82, 2.24) is 10.2 Å². The van der Waals surface area contributed by atoms with Crippen LogP contribution in [0, 0.1) is 6.92 Å². The van der Waals surface area contributed by atoms with Crippen molar-refractivity contribution in [3.05, 3.63) is 83.9 Å². The third-order valence-electron chi connectivity index (χ3n) is 6.22. The van der Waals surface area contributed by atoms with Crippen molar-refractivity contribution >= 4 is 27.5 Å². The zero-order valence-electron chi connectivity index (χ0n) is 22.9. The van der Waals surface area contributed by atoms with Crippen molar-refractivity contribution in [1.29, 1.82) is 0 Å².